The van der Waals surface area contributed by atoms with E-state index in [0.717, 1.165) is 6.07 Å². The molecule has 0 aliphatic rings. The van der Waals surface area contributed by atoms with Gasteiger partial charge in [-0.1, -0.05) is 23.2 Å². The van der Waals surface area contributed by atoms with E-state index >= 15 is 0 Å². The van der Waals surface area contributed by atoms with Crippen molar-refractivity contribution >= 4 is 45.7 Å². The number of nitro groups is 1. The van der Waals surface area contributed by atoms with Gasteiger partial charge in [-0.25, -0.2) is 4.98 Å². The van der Waals surface area contributed by atoms with Crippen LogP contribution in [-0.2, 0) is 11.3 Å². The van der Waals surface area contributed by atoms with Gasteiger partial charge in [0, 0.05) is 37.4 Å². The van der Waals surface area contributed by atoms with Gasteiger partial charge in [-0.2, -0.15) is 0 Å². The Morgan fingerprint density at radius 1 is 1.27 bits per heavy atom. The molecule has 1 unspecified atom stereocenters. The highest BCUT2D eigenvalue weighted by atomic mass is 35.5. The second-order valence-corrected chi connectivity index (χ2v) is 8.11. The summed E-state index contributed by atoms with van der Waals surface area (Å²) in [4.78, 5) is 43.1. The third kappa shape index (κ3) is 5.00. The molecule has 11 heteroatoms. The third-order valence-corrected chi connectivity index (χ3v) is 5.84. The number of hydrogen-bond acceptors (Lipinski definition) is 6. The van der Waals surface area contributed by atoms with E-state index in [1.54, 1.807) is 25.1 Å². The quantitative estimate of drug-likeness (QED) is 0.338. The minimum absolute atomic E-state index is 0.0463. The van der Waals surface area contributed by atoms with E-state index in [9.17, 15) is 19.7 Å². The topological polar surface area (TPSA) is 108 Å². The SMILES string of the molecule is CCn1c(C(C)N(CCOC)C(=O)c2ccc([N+](=O)[O-])cc2Cl)nc2cc(Cl)ccc2c1=O. The number of aromatic nitrogens is 2. The molecule has 0 aliphatic carbocycles. The number of rotatable bonds is 8. The predicted molar refractivity (Wildman–Crippen MR) is 126 cm³/mol. The van der Waals surface area contributed by atoms with Crippen LogP contribution in [0.25, 0.3) is 10.9 Å². The van der Waals surface area contributed by atoms with Crippen LogP contribution in [0.5, 0.6) is 0 Å². The molecule has 0 saturated heterocycles. The van der Waals surface area contributed by atoms with Crippen molar-refractivity contribution in [1.29, 1.82) is 0 Å². The molecule has 174 valence electrons. The molecule has 1 atom stereocenters. The second-order valence-electron chi connectivity index (χ2n) is 7.27. The summed E-state index contributed by atoms with van der Waals surface area (Å²) in [5.74, 6) is -0.0951. The summed E-state index contributed by atoms with van der Waals surface area (Å²) in [7, 11) is 1.50. The smallest absolute Gasteiger partial charge is 0.270 e. The Labute approximate surface area is 199 Å². The molecule has 33 heavy (non-hydrogen) atoms. The summed E-state index contributed by atoms with van der Waals surface area (Å²) in [6.07, 6.45) is 0. The minimum Gasteiger partial charge on any atom is -0.383 e. The monoisotopic (exact) mass is 492 g/mol. The molecule has 3 rings (SSSR count). The molecular formula is C22H22Cl2N4O5. The Morgan fingerprint density at radius 3 is 2.61 bits per heavy atom. The summed E-state index contributed by atoms with van der Waals surface area (Å²) in [5.41, 5.74) is 0.0560. The fourth-order valence-electron chi connectivity index (χ4n) is 3.58. The molecule has 0 aliphatic heterocycles. The van der Waals surface area contributed by atoms with Gasteiger partial charge in [-0.15, -0.1) is 0 Å². The molecule has 0 saturated carbocycles. The molecule has 0 bridgehead atoms. The number of halogens is 2. The molecule has 1 heterocycles. The molecule has 0 spiro atoms. The van der Waals surface area contributed by atoms with Crippen LogP contribution in [0.15, 0.2) is 41.2 Å². The van der Waals surface area contributed by atoms with Crippen molar-refractivity contribution in [3.8, 4) is 0 Å². The van der Waals surface area contributed by atoms with Crippen molar-refractivity contribution in [3.05, 3.63) is 78.3 Å². The number of fused-ring (bicyclic) bond motifs is 1. The largest absolute Gasteiger partial charge is 0.383 e. The van der Waals surface area contributed by atoms with Gasteiger partial charge < -0.3 is 9.64 Å². The van der Waals surface area contributed by atoms with Crippen LogP contribution in [0, 0.1) is 10.1 Å². The molecular weight excluding hydrogens is 471 g/mol. The Kier molecular flexibility index (Phi) is 7.68. The van der Waals surface area contributed by atoms with E-state index < -0.39 is 16.9 Å². The first-order chi connectivity index (χ1) is 15.7. The van der Waals surface area contributed by atoms with Crippen LogP contribution in [0.3, 0.4) is 0 Å². The molecule has 1 amide bonds. The summed E-state index contributed by atoms with van der Waals surface area (Å²) in [6, 6.07) is 7.87. The maximum atomic E-state index is 13.4. The zero-order valence-corrected chi connectivity index (χ0v) is 19.8. The average molecular weight is 493 g/mol. The number of carbonyl (C=O) groups is 1. The number of ether oxygens (including phenoxy) is 1. The first-order valence-electron chi connectivity index (χ1n) is 10.1. The van der Waals surface area contributed by atoms with E-state index in [4.69, 9.17) is 27.9 Å². The highest BCUT2D eigenvalue weighted by molar-refractivity contribution is 6.34. The summed E-state index contributed by atoms with van der Waals surface area (Å²) in [6.45, 7) is 4.30. The van der Waals surface area contributed by atoms with E-state index in [-0.39, 0.29) is 35.0 Å². The Balaban J connectivity index is 2.11. The molecule has 2 aromatic carbocycles. The van der Waals surface area contributed by atoms with E-state index in [1.165, 1.54) is 28.7 Å². The highest BCUT2D eigenvalue weighted by Crippen LogP contribution is 2.28. The van der Waals surface area contributed by atoms with Gasteiger partial charge in [0.2, 0.25) is 0 Å². The molecule has 9 nitrogen and oxygen atoms in total. The van der Waals surface area contributed by atoms with Crippen molar-refractivity contribution in [1.82, 2.24) is 14.5 Å². The van der Waals surface area contributed by atoms with Crippen LogP contribution < -0.4 is 5.56 Å². The number of hydrogen-bond donors (Lipinski definition) is 0. The number of methoxy groups -OCH3 is 1. The standard InChI is InChI=1S/C22H22Cl2N4O5/c1-4-26-20(25-19-11-14(23)5-7-17(19)22(26)30)13(2)27(9-10-33-3)21(29)16-8-6-15(28(31)32)12-18(16)24/h5-8,11-13H,4,9-10H2,1-3H3. The van der Waals surface area contributed by atoms with Crippen molar-refractivity contribution in [2.75, 3.05) is 20.3 Å². The lowest BCUT2D eigenvalue weighted by Gasteiger charge is -2.30. The third-order valence-electron chi connectivity index (χ3n) is 5.30. The van der Waals surface area contributed by atoms with Crippen LogP contribution in [-0.4, -0.2) is 45.5 Å². The lowest BCUT2D eigenvalue weighted by molar-refractivity contribution is -0.384. The van der Waals surface area contributed by atoms with Gasteiger partial charge in [0.25, 0.3) is 17.2 Å². The van der Waals surface area contributed by atoms with Crippen molar-refractivity contribution in [3.63, 3.8) is 0 Å². The number of nitrogens with zero attached hydrogens (tertiary/aromatic N) is 4. The van der Waals surface area contributed by atoms with Crippen LogP contribution in [0.4, 0.5) is 5.69 Å². The van der Waals surface area contributed by atoms with Gasteiger partial charge in [-0.3, -0.25) is 24.3 Å². The van der Waals surface area contributed by atoms with Gasteiger partial charge in [0.15, 0.2) is 0 Å². The maximum absolute atomic E-state index is 13.4. The number of benzene rings is 2. The zero-order chi connectivity index (χ0) is 24.3. The second kappa shape index (κ2) is 10.3. The van der Waals surface area contributed by atoms with Gasteiger partial charge in [0.05, 0.1) is 39.1 Å². The molecule has 3 aromatic rings. The molecule has 0 N–H and O–H groups in total. The Hall–Kier alpha value is -3.01. The van der Waals surface area contributed by atoms with Crippen molar-refractivity contribution in [2.24, 2.45) is 0 Å². The Morgan fingerprint density at radius 2 is 2.00 bits per heavy atom. The lowest BCUT2D eigenvalue weighted by atomic mass is 10.1. The predicted octanol–water partition coefficient (Wildman–Crippen LogP) is 4.48. The number of carbonyl (C=O) groups excluding carboxylic acids is 1. The lowest BCUT2D eigenvalue weighted by Crippen LogP contribution is -2.39. The van der Waals surface area contributed by atoms with Crippen LogP contribution >= 0.6 is 23.2 Å². The van der Waals surface area contributed by atoms with E-state index in [2.05, 4.69) is 4.98 Å². The maximum Gasteiger partial charge on any atom is 0.270 e. The zero-order valence-electron chi connectivity index (χ0n) is 18.2. The molecule has 0 fully saturated rings. The van der Waals surface area contributed by atoms with Crippen LogP contribution in [0.1, 0.15) is 36.1 Å². The fourth-order valence-corrected chi connectivity index (χ4v) is 4.00. The van der Waals surface area contributed by atoms with Gasteiger partial charge in [-0.05, 0) is 38.1 Å². The van der Waals surface area contributed by atoms with Crippen molar-refractivity contribution in [2.45, 2.75) is 26.4 Å². The normalized spacial score (nSPS) is 12.0. The minimum atomic E-state index is -0.644. The fraction of sp³-hybridized carbons (Fsp3) is 0.318. The first-order valence-corrected chi connectivity index (χ1v) is 10.9. The van der Waals surface area contributed by atoms with Gasteiger partial charge in [0.1, 0.15) is 5.82 Å². The van der Waals surface area contributed by atoms with Gasteiger partial charge >= 0.3 is 0 Å². The summed E-state index contributed by atoms with van der Waals surface area (Å²) >= 11 is 12.3. The first kappa shape index (κ1) is 24.6. The van der Waals surface area contributed by atoms with Crippen LogP contribution in [0.2, 0.25) is 10.0 Å². The van der Waals surface area contributed by atoms with Crippen molar-refractivity contribution < 1.29 is 14.5 Å². The number of amides is 1. The molecule has 0 radical (unpaired) electrons. The van der Waals surface area contributed by atoms with E-state index in [1.807, 2.05) is 6.92 Å². The summed E-state index contributed by atoms with van der Waals surface area (Å²) in [5, 5.41) is 11.8. The number of non-ortho nitro benzene ring substituents is 1. The average Bonchev–Trinajstić information content (AvgIpc) is 2.78. The molecule has 1 aromatic heterocycles. The number of nitro benzene ring substituents is 1. The summed E-state index contributed by atoms with van der Waals surface area (Å²) < 4.78 is 6.67. The Bertz CT molecular complexity index is 1280. The van der Waals surface area contributed by atoms with E-state index in [0.29, 0.717) is 28.3 Å². The highest BCUT2D eigenvalue weighted by Gasteiger charge is 2.28.